The number of esters is 1. The molecule has 0 unspecified atom stereocenters. The minimum atomic E-state index is -0.390. The number of ether oxygens (including phenoxy) is 5. The highest BCUT2D eigenvalue weighted by Gasteiger charge is 2.30. The Morgan fingerprint density at radius 3 is 2.38 bits per heavy atom. The summed E-state index contributed by atoms with van der Waals surface area (Å²) in [4.78, 5) is 24.5. The van der Waals surface area contributed by atoms with Gasteiger partial charge >= 0.3 is 5.97 Å². The molecule has 1 aliphatic rings. The van der Waals surface area contributed by atoms with Crippen molar-refractivity contribution in [3.8, 4) is 23.0 Å². The van der Waals surface area contributed by atoms with E-state index in [1.807, 2.05) is 19.1 Å². The third-order valence-corrected chi connectivity index (χ3v) is 5.53. The summed E-state index contributed by atoms with van der Waals surface area (Å²) in [5, 5.41) is 0. The van der Waals surface area contributed by atoms with Crippen LogP contribution in [0.25, 0.3) is 6.08 Å². The van der Waals surface area contributed by atoms with Crippen molar-refractivity contribution < 1.29 is 33.3 Å². The molecule has 0 saturated carbocycles. The van der Waals surface area contributed by atoms with E-state index in [1.165, 1.54) is 7.11 Å². The quantitative estimate of drug-likeness (QED) is 0.363. The van der Waals surface area contributed by atoms with Crippen molar-refractivity contribution >= 4 is 17.8 Å². The molecule has 1 aliphatic heterocycles. The number of carbonyl (C=O) groups excluding carboxylic acids is 2. The molecule has 0 fully saturated rings. The second-order valence-corrected chi connectivity index (χ2v) is 7.57. The molecule has 0 spiro atoms. The lowest BCUT2D eigenvalue weighted by molar-refractivity contribution is 0.0600. The van der Waals surface area contributed by atoms with Crippen molar-refractivity contribution in [3.05, 3.63) is 88.2 Å². The molecule has 0 radical (unpaired) electrons. The molecule has 0 aromatic heterocycles. The molecule has 4 rings (SSSR count). The van der Waals surface area contributed by atoms with Crippen molar-refractivity contribution in [2.75, 3.05) is 21.3 Å². The van der Waals surface area contributed by atoms with E-state index in [0.717, 1.165) is 11.1 Å². The number of para-hydroxylation sites is 1. The molecule has 0 aliphatic carbocycles. The van der Waals surface area contributed by atoms with E-state index in [1.54, 1.807) is 62.8 Å². The van der Waals surface area contributed by atoms with Crippen molar-refractivity contribution in [3.63, 3.8) is 0 Å². The van der Waals surface area contributed by atoms with E-state index >= 15 is 0 Å². The highest BCUT2D eigenvalue weighted by molar-refractivity contribution is 6.15. The Balaban J connectivity index is 1.54. The lowest BCUT2D eigenvalue weighted by Gasteiger charge is -2.12. The van der Waals surface area contributed by atoms with Crippen LogP contribution in [0.3, 0.4) is 0 Å². The van der Waals surface area contributed by atoms with Gasteiger partial charge in [-0.05, 0) is 48.9 Å². The molecule has 0 amide bonds. The molecule has 3 aromatic rings. The van der Waals surface area contributed by atoms with E-state index in [4.69, 9.17) is 23.7 Å². The molecule has 0 bridgehead atoms. The van der Waals surface area contributed by atoms with Gasteiger partial charge in [-0.3, -0.25) is 4.79 Å². The molecule has 0 saturated heterocycles. The van der Waals surface area contributed by atoms with Crippen LogP contribution in [0.4, 0.5) is 0 Å². The van der Waals surface area contributed by atoms with Gasteiger partial charge in [0.15, 0.2) is 17.3 Å². The predicted molar refractivity (Wildman–Crippen MR) is 126 cm³/mol. The topological polar surface area (TPSA) is 80.3 Å². The van der Waals surface area contributed by atoms with Crippen LogP contribution in [0.2, 0.25) is 0 Å². The number of benzene rings is 3. The van der Waals surface area contributed by atoms with Gasteiger partial charge in [-0.25, -0.2) is 4.79 Å². The number of ketones is 1. The molecule has 7 heteroatoms. The number of hydrogen-bond acceptors (Lipinski definition) is 7. The Labute approximate surface area is 197 Å². The fourth-order valence-corrected chi connectivity index (χ4v) is 3.71. The monoisotopic (exact) mass is 460 g/mol. The number of rotatable bonds is 7. The standard InChI is InChI=1S/C27H24O7/c1-16-21(33-15-17-8-10-18(11-9-17)27(29)32-4)13-12-20-24(28)23(34-25(16)20)14-19-6-5-7-22(30-2)26(19)31-3/h5-14H,15H2,1-4H3/b23-14-. The van der Waals surface area contributed by atoms with Gasteiger partial charge in [0, 0.05) is 11.1 Å². The third-order valence-electron chi connectivity index (χ3n) is 5.53. The van der Waals surface area contributed by atoms with E-state index in [2.05, 4.69) is 0 Å². The van der Waals surface area contributed by atoms with Crippen molar-refractivity contribution in [2.24, 2.45) is 0 Å². The number of carbonyl (C=O) groups is 2. The first kappa shape index (κ1) is 22.9. The second kappa shape index (κ2) is 9.70. The summed E-state index contributed by atoms with van der Waals surface area (Å²) in [6, 6.07) is 15.9. The largest absolute Gasteiger partial charge is 0.493 e. The maximum atomic E-state index is 13.0. The van der Waals surface area contributed by atoms with E-state index in [0.29, 0.717) is 46.3 Å². The first-order chi connectivity index (χ1) is 16.5. The summed E-state index contributed by atoms with van der Waals surface area (Å²) in [5.74, 6) is 1.74. The van der Waals surface area contributed by atoms with Crippen molar-refractivity contribution in [2.45, 2.75) is 13.5 Å². The number of methoxy groups -OCH3 is 3. The molecule has 7 nitrogen and oxygen atoms in total. The highest BCUT2D eigenvalue weighted by Crippen LogP contribution is 2.40. The molecular formula is C27H24O7. The molecule has 174 valence electrons. The molecule has 34 heavy (non-hydrogen) atoms. The zero-order chi connectivity index (χ0) is 24.2. The lowest BCUT2D eigenvalue weighted by atomic mass is 10.1. The van der Waals surface area contributed by atoms with Gasteiger partial charge in [-0.15, -0.1) is 0 Å². The van der Waals surface area contributed by atoms with Crippen LogP contribution in [0.5, 0.6) is 23.0 Å². The zero-order valence-electron chi connectivity index (χ0n) is 19.3. The molecule has 1 heterocycles. The van der Waals surface area contributed by atoms with Crippen molar-refractivity contribution in [1.82, 2.24) is 0 Å². The summed E-state index contributed by atoms with van der Waals surface area (Å²) >= 11 is 0. The van der Waals surface area contributed by atoms with Crippen LogP contribution in [-0.2, 0) is 11.3 Å². The second-order valence-electron chi connectivity index (χ2n) is 7.57. The maximum absolute atomic E-state index is 13.0. The van der Waals surface area contributed by atoms with E-state index in [-0.39, 0.29) is 17.5 Å². The van der Waals surface area contributed by atoms with Gasteiger partial charge < -0.3 is 23.7 Å². The summed E-state index contributed by atoms with van der Waals surface area (Å²) in [7, 11) is 4.44. The lowest BCUT2D eigenvalue weighted by Crippen LogP contribution is -2.02. The number of Topliss-reactive ketones (excluding diaryl/α,β-unsaturated/α-hetero) is 1. The normalized spacial score (nSPS) is 13.3. The van der Waals surface area contributed by atoms with Gasteiger partial charge in [0.2, 0.25) is 5.78 Å². The first-order valence-electron chi connectivity index (χ1n) is 10.6. The Morgan fingerprint density at radius 1 is 0.941 bits per heavy atom. The number of fused-ring (bicyclic) bond motifs is 1. The zero-order valence-corrected chi connectivity index (χ0v) is 19.3. The minimum Gasteiger partial charge on any atom is -0.493 e. The summed E-state index contributed by atoms with van der Waals surface area (Å²) < 4.78 is 27.4. The summed E-state index contributed by atoms with van der Waals surface area (Å²) in [5.41, 5.74) is 3.22. The van der Waals surface area contributed by atoms with Crippen LogP contribution < -0.4 is 18.9 Å². The van der Waals surface area contributed by atoms with Crippen LogP contribution >= 0.6 is 0 Å². The Bertz CT molecular complexity index is 1270. The highest BCUT2D eigenvalue weighted by atomic mass is 16.5. The predicted octanol–water partition coefficient (Wildman–Crippen LogP) is 4.99. The molecule has 3 aromatic carbocycles. The van der Waals surface area contributed by atoms with Crippen LogP contribution in [0.15, 0.2) is 60.4 Å². The Kier molecular flexibility index (Phi) is 6.54. The summed E-state index contributed by atoms with van der Waals surface area (Å²) in [6.45, 7) is 2.13. The molecular weight excluding hydrogens is 436 g/mol. The average Bonchev–Trinajstić information content (AvgIpc) is 3.19. The Morgan fingerprint density at radius 2 is 1.71 bits per heavy atom. The van der Waals surface area contributed by atoms with Crippen LogP contribution in [0.1, 0.15) is 37.4 Å². The van der Waals surface area contributed by atoms with Gasteiger partial charge in [0.25, 0.3) is 0 Å². The van der Waals surface area contributed by atoms with Crippen molar-refractivity contribution in [1.29, 1.82) is 0 Å². The molecule has 0 N–H and O–H groups in total. The minimum absolute atomic E-state index is 0.195. The Hall–Kier alpha value is -4.26. The summed E-state index contributed by atoms with van der Waals surface area (Å²) in [6.07, 6.45) is 1.65. The maximum Gasteiger partial charge on any atom is 0.337 e. The molecule has 0 atom stereocenters. The number of hydrogen-bond donors (Lipinski definition) is 0. The first-order valence-corrected chi connectivity index (χ1v) is 10.6. The number of allylic oxidation sites excluding steroid dienone is 1. The third kappa shape index (κ3) is 4.32. The average molecular weight is 460 g/mol. The SMILES string of the molecule is COC(=O)c1ccc(COc2ccc3c(c2C)O/C(=C\c2cccc(OC)c2OC)C3=O)cc1. The van der Waals surface area contributed by atoms with Gasteiger partial charge in [0.05, 0.1) is 32.5 Å². The smallest absolute Gasteiger partial charge is 0.337 e. The van der Waals surface area contributed by atoms with Gasteiger partial charge in [0.1, 0.15) is 18.1 Å². The van der Waals surface area contributed by atoms with Crippen LogP contribution in [-0.4, -0.2) is 33.1 Å². The van der Waals surface area contributed by atoms with Crippen LogP contribution in [0, 0.1) is 6.92 Å². The van der Waals surface area contributed by atoms with E-state index < -0.39 is 0 Å². The van der Waals surface area contributed by atoms with E-state index in [9.17, 15) is 9.59 Å². The van der Waals surface area contributed by atoms with Gasteiger partial charge in [-0.1, -0.05) is 24.3 Å². The fourth-order valence-electron chi connectivity index (χ4n) is 3.71. The van der Waals surface area contributed by atoms with Gasteiger partial charge in [-0.2, -0.15) is 0 Å². The fraction of sp³-hybridized carbons (Fsp3) is 0.185.